The Morgan fingerprint density at radius 1 is 1.33 bits per heavy atom. The topological polar surface area (TPSA) is 63.7 Å². The monoisotopic (exact) mass is 327 g/mol. The van der Waals surface area contributed by atoms with Gasteiger partial charge in [-0.15, -0.1) is 0 Å². The zero-order valence-electron chi connectivity index (χ0n) is 14.5. The Morgan fingerprint density at radius 2 is 2.08 bits per heavy atom. The molecule has 0 amide bonds. The lowest BCUT2D eigenvalue weighted by Gasteiger charge is -2.42. The summed E-state index contributed by atoms with van der Waals surface area (Å²) in [6, 6.07) is 9.72. The summed E-state index contributed by atoms with van der Waals surface area (Å²) in [7, 11) is 1.82. The lowest BCUT2D eigenvalue weighted by molar-refractivity contribution is -0.104. The molecule has 1 aromatic heterocycles. The summed E-state index contributed by atoms with van der Waals surface area (Å²) in [4.78, 5) is 4.09. The van der Waals surface area contributed by atoms with Crippen LogP contribution in [0.15, 0.2) is 34.7 Å². The smallest absolute Gasteiger partial charge is 0.170 e. The lowest BCUT2D eigenvalue weighted by atomic mass is 9.89. The number of rotatable bonds is 2. The Kier molecular flexibility index (Phi) is 3.48. The molecule has 4 atom stereocenters. The normalized spacial score (nSPS) is 33.1. The van der Waals surface area contributed by atoms with Crippen LogP contribution >= 0.6 is 0 Å². The predicted molar refractivity (Wildman–Crippen MR) is 94.1 cm³/mol. The van der Waals surface area contributed by atoms with Gasteiger partial charge in [0.1, 0.15) is 5.58 Å². The summed E-state index contributed by atoms with van der Waals surface area (Å²) in [5.74, 6) is 1.42. The standard InChI is InChI=1S/C19H25N3O2/c1-12-8-17-19(23,13(2)11-22(17)10-12)21(3)18(20)16-9-14-6-4-5-7-15(14)24-16/h4-7,9,12-13,17,20,23H,8,10-11H2,1-3H3. The molecule has 2 aromatic rings. The molecule has 24 heavy (non-hydrogen) atoms. The van der Waals surface area contributed by atoms with Crippen LogP contribution < -0.4 is 0 Å². The molecule has 1 aromatic carbocycles. The van der Waals surface area contributed by atoms with Crippen molar-refractivity contribution in [1.29, 1.82) is 5.41 Å². The summed E-state index contributed by atoms with van der Waals surface area (Å²) in [5.41, 5.74) is -0.255. The number of benzene rings is 1. The van der Waals surface area contributed by atoms with E-state index < -0.39 is 5.72 Å². The van der Waals surface area contributed by atoms with E-state index in [1.54, 1.807) is 4.90 Å². The van der Waals surface area contributed by atoms with Gasteiger partial charge in [-0.25, -0.2) is 0 Å². The third-order valence-corrected chi connectivity index (χ3v) is 5.87. The summed E-state index contributed by atoms with van der Waals surface area (Å²) < 4.78 is 5.83. The van der Waals surface area contributed by atoms with Crippen LogP contribution in [0.1, 0.15) is 26.0 Å². The molecule has 2 saturated heterocycles. The van der Waals surface area contributed by atoms with Gasteiger partial charge in [0.2, 0.25) is 0 Å². The van der Waals surface area contributed by atoms with Crippen molar-refractivity contribution in [2.45, 2.75) is 32.0 Å². The van der Waals surface area contributed by atoms with Crippen molar-refractivity contribution in [2.24, 2.45) is 11.8 Å². The van der Waals surface area contributed by atoms with Crippen molar-refractivity contribution >= 4 is 16.8 Å². The van der Waals surface area contributed by atoms with E-state index in [0.717, 1.165) is 30.5 Å². The number of hydrogen-bond acceptors (Lipinski definition) is 4. The maximum atomic E-state index is 11.5. The van der Waals surface area contributed by atoms with Gasteiger partial charge in [0, 0.05) is 31.4 Å². The molecule has 2 fully saturated rings. The molecular formula is C19H25N3O2. The minimum atomic E-state index is -1.03. The number of hydrogen-bond donors (Lipinski definition) is 2. The minimum Gasteiger partial charge on any atom is -0.453 e. The van der Waals surface area contributed by atoms with Gasteiger partial charge in [-0.2, -0.15) is 0 Å². The molecule has 0 bridgehead atoms. The van der Waals surface area contributed by atoms with Gasteiger partial charge >= 0.3 is 0 Å². The quantitative estimate of drug-likeness (QED) is 0.506. The lowest BCUT2D eigenvalue weighted by Crippen LogP contribution is -2.58. The highest BCUT2D eigenvalue weighted by Crippen LogP contribution is 2.43. The molecule has 2 N–H and O–H groups in total. The van der Waals surface area contributed by atoms with Crippen molar-refractivity contribution in [3.63, 3.8) is 0 Å². The Morgan fingerprint density at radius 3 is 2.83 bits per heavy atom. The molecule has 0 saturated carbocycles. The highest BCUT2D eigenvalue weighted by Gasteiger charge is 2.57. The number of furan rings is 1. The fraction of sp³-hybridized carbons (Fsp3) is 0.526. The van der Waals surface area contributed by atoms with Gasteiger partial charge in [-0.1, -0.05) is 32.0 Å². The molecule has 0 radical (unpaired) electrons. The number of fused-ring (bicyclic) bond motifs is 2. The Bertz CT molecular complexity index is 753. The predicted octanol–water partition coefficient (Wildman–Crippen LogP) is 2.74. The highest BCUT2D eigenvalue weighted by atomic mass is 16.3. The van der Waals surface area contributed by atoms with Gasteiger partial charge < -0.3 is 14.4 Å². The Hall–Kier alpha value is -1.85. The number of nitrogens with zero attached hydrogens (tertiary/aromatic N) is 2. The van der Waals surface area contributed by atoms with Crippen molar-refractivity contribution < 1.29 is 9.52 Å². The number of aliphatic hydroxyl groups is 1. The molecule has 5 heteroatoms. The van der Waals surface area contributed by atoms with Crippen LogP contribution in [0.5, 0.6) is 0 Å². The summed E-state index contributed by atoms with van der Waals surface area (Å²) in [6.07, 6.45) is 0.971. The molecule has 0 spiro atoms. The van der Waals surface area contributed by atoms with Crippen LogP contribution in [0.3, 0.4) is 0 Å². The highest BCUT2D eigenvalue weighted by molar-refractivity contribution is 5.98. The van der Waals surface area contributed by atoms with Crippen molar-refractivity contribution in [3.05, 3.63) is 36.1 Å². The van der Waals surface area contributed by atoms with E-state index in [1.807, 2.05) is 37.4 Å². The third kappa shape index (κ3) is 2.11. The molecule has 4 rings (SSSR count). The first-order chi connectivity index (χ1) is 11.4. The fourth-order valence-electron chi connectivity index (χ4n) is 4.59. The largest absolute Gasteiger partial charge is 0.453 e. The molecule has 2 aliphatic rings. The van der Waals surface area contributed by atoms with Crippen LogP contribution in [-0.4, -0.2) is 52.6 Å². The second-order valence-corrected chi connectivity index (χ2v) is 7.55. The number of likely N-dealkylation sites (N-methyl/N-ethyl adjacent to an activating group) is 1. The molecule has 5 nitrogen and oxygen atoms in total. The summed E-state index contributed by atoms with van der Waals surface area (Å²) in [6.45, 7) is 6.21. The van der Waals surface area contributed by atoms with Gasteiger partial charge in [0.25, 0.3) is 0 Å². The van der Waals surface area contributed by atoms with E-state index in [4.69, 9.17) is 9.83 Å². The van der Waals surface area contributed by atoms with Crippen molar-refractivity contribution in [1.82, 2.24) is 9.80 Å². The van der Waals surface area contributed by atoms with Crippen molar-refractivity contribution in [3.8, 4) is 0 Å². The van der Waals surface area contributed by atoms with E-state index in [-0.39, 0.29) is 17.8 Å². The average Bonchev–Trinajstić information content (AvgIpc) is 3.21. The zero-order valence-corrected chi connectivity index (χ0v) is 14.5. The first-order valence-corrected chi connectivity index (χ1v) is 8.69. The van der Waals surface area contributed by atoms with Gasteiger partial charge in [-0.3, -0.25) is 10.3 Å². The summed E-state index contributed by atoms with van der Waals surface area (Å²) in [5, 5.41) is 21.1. The van der Waals surface area contributed by atoms with E-state index in [2.05, 4.69) is 18.7 Å². The number of amidine groups is 1. The second kappa shape index (κ2) is 5.33. The SMILES string of the molecule is CC1CC2N(C1)CC(C)C2(O)N(C)C(=N)c1cc2ccccc2o1. The Balaban J connectivity index is 1.66. The van der Waals surface area contributed by atoms with Gasteiger partial charge in [-0.05, 0) is 24.5 Å². The van der Waals surface area contributed by atoms with Gasteiger partial charge in [0.15, 0.2) is 17.3 Å². The fourth-order valence-corrected chi connectivity index (χ4v) is 4.59. The molecule has 2 aliphatic heterocycles. The maximum Gasteiger partial charge on any atom is 0.170 e. The maximum absolute atomic E-state index is 11.5. The van der Waals surface area contributed by atoms with Crippen LogP contribution in [0.25, 0.3) is 11.0 Å². The van der Waals surface area contributed by atoms with Crippen molar-refractivity contribution in [2.75, 3.05) is 20.1 Å². The molecule has 128 valence electrons. The van der Waals surface area contributed by atoms with Gasteiger partial charge in [0.05, 0.1) is 6.04 Å². The van der Waals surface area contributed by atoms with Crippen LogP contribution in [0.2, 0.25) is 0 Å². The second-order valence-electron chi connectivity index (χ2n) is 7.55. The Labute approximate surface area is 142 Å². The third-order valence-electron chi connectivity index (χ3n) is 5.87. The molecule has 4 unspecified atom stereocenters. The summed E-state index contributed by atoms with van der Waals surface area (Å²) >= 11 is 0. The number of nitrogens with one attached hydrogen (secondary N) is 1. The first-order valence-electron chi connectivity index (χ1n) is 8.69. The average molecular weight is 327 g/mol. The number of para-hydroxylation sites is 1. The molecule has 0 aliphatic carbocycles. The molecular weight excluding hydrogens is 302 g/mol. The van der Waals surface area contributed by atoms with E-state index in [1.165, 1.54) is 0 Å². The van der Waals surface area contributed by atoms with Crippen LogP contribution in [0.4, 0.5) is 0 Å². The first kappa shape index (κ1) is 15.7. The minimum absolute atomic E-state index is 0.0808. The van der Waals surface area contributed by atoms with E-state index >= 15 is 0 Å². The van der Waals surface area contributed by atoms with E-state index in [9.17, 15) is 5.11 Å². The van der Waals surface area contributed by atoms with E-state index in [0.29, 0.717) is 11.7 Å². The zero-order chi connectivity index (χ0) is 17.1. The van der Waals surface area contributed by atoms with Crippen LogP contribution in [-0.2, 0) is 0 Å². The van der Waals surface area contributed by atoms with Crippen LogP contribution in [0, 0.1) is 17.2 Å². The molecule has 3 heterocycles.